The number of carbonyl (C=O) groups is 2. The summed E-state index contributed by atoms with van der Waals surface area (Å²) in [4.78, 5) is 27.4. The molecule has 38 heavy (non-hydrogen) atoms. The highest BCUT2D eigenvalue weighted by Gasteiger charge is 2.18. The van der Waals surface area contributed by atoms with Gasteiger partial charge in [-0.25, -0.2) is 9.59 Å². The van der Waals surface area contributed by atoms with E-state index in [9.17, 15) is 14.7 Å². The SMILES string of the molecule is CCOC(Cc1ccc(OCCN(CCCSc2ccccc2)C(=O)Nc2ccc(C)cc2)cc1)C(=O)O. The number of aliphatic carboxylic acids is 1. The van der Waals surface area contributed by atoms with Crippen LogP contribution in [0.1, 0.15) is 24.5 Å². The Balaban J connectivity index is 1.53. The maximum Gasteiger partial charge on any atom is 0.333 e. The third-order valence-electron chi connectivity index (χ3n) is 5.79. The zero-order valence-corrected chi connectivity index (χ0v) is 22.8. The van der Waals surface area contributed by atoms with E-state index in [2.05, 4.69) is 17.4 Å². The van der Waals surface area contributed by atoms with E-state index in [0.717, 1.165) is 29.0 Å². The Morgan fingerprint density at radius 1 is 0.974 bits per heavy atom. The minimum Gasteiger partial charge on any atom is -0.492 e. The van der Waals surface area contributed by atoms with Crippen molar-refractivity contribution in [2.45, 2.75) is 37.7 Å². The number of nitrogens with zero attached hydrogens (tertiary/aromatic N) is 1. The zero-order chi connectivity index (χ0) is 27.2. The molecule has 3 aromatic rings. The Morgan fingerprint density at radius 2 is 1.68 bits per heavy atom. The van der Waals surface area contributed by atoms with Crippen molar-refractivity contribution in [2.24, 2.45) is 0 Å². The third kappa shape index (κ3) is 10.1. The van der Waals surface area contributed by atoms with E-state index in [4.69, 9.17) is 9.47 Å². The second-order valence-electron chi connectivity index (χ2n) is 8.78. The highest BCUT2D eigenvalue weighted by molar-refractivity contribution is 7.99. The molecule has 0 aliphatic carbocycles. The molecular formula is C30H36N2O5S. The number of ether oxygens (including phenoxy) is 2. The Hall–Kier alpha value is -3.49. The van der Waals surface area contributed by atoms with E-state index in [1.165, 1.54) is 4.90 Å². The largest absolute Gasteiger partial charge is 0.492 e. The second-order valence-corrected chi connectivity index (χ2v) is 9.95. The number of hydrogen-bond acceptors (Lipinski definition) is 5. The van der Waals surface area contributed by atoms with Crippen LogP contribution in [0.5, 0.6) is 5.75 Å². The number of carbonyl (C=O) groups excluding carboxylic acids is 1. The number of carboxylic acid groups (broad SMARTS) is 1. The summed E-state index contributed by atoms with van der Waals surface area (Å²) in [6.45, 7) is 5.50. The molecule has 0 bridgehead atoms. The van der Waals surface area contributed by atoms with Crippen molar-refractivity contribution < 1.29 is 24.2 Å². The van der Waals surface area contributed by atoms with Crippen LogP contribution in [0, 0.1) is 6.92 Å². The quantitative estimate of drug-likeness (QED) is 0.180. The molecule has 0 aliphatic rings. The molecule has 0 aliphatic heterocycles. The molecule has 0 fully saturated rings. The lowest BCUT2D eigenvalue weighted by atomic mass is 10.1. The second kappa shape index (κ2) is 15.7. The summed E-state index contributed by atoms with van der Waals surface area (Å²) in [5, 5.41) is 12.3. The first-order chi connectivity index (χ1) is 18.4. The van der Waals surface area contributed by atoms with Crippen molar-refractivity contribution in [1.29, 1.82) is 0 Å². The Labute approximate surface area is 229 Å². The van der Waals surface area contributed by atoms with E-state index >= 15 is 0 Å². The number of hydrogen-bond donors (Lipinski definition) is 2. The smallest absolute Gasteiger partial charge is 0.333 e. The van der Waals surface area contributed by atoms with E-state index < -0.39 is 12.1 Å². The summed E-state index contributed by atoms with van der Waals surface area (Å²) in [5.74, 6) is 0.591. The highest BCUT2D eigenvalue weighted by Crippen LogP contribution is 2.19. The highest BCUT2D eigenvalue weighted by atomic mass is 32.2. The van der Waals surface area contributed by atoms with Gasteiger partial charge >= 0.3 is 12.0 Å². The van der Waals surface area contributed by atoms with Crippen LogP contribution in [0.3, 0.4) is 0 Å². The fraction of sp³-hybridized carbons (Fsp3) is 0.333. The van der Waals surface area contributed by atoms with Gasteiger partial charge in [0.05, 0.1) is 6.54 Å². The lowest BCUT2D eigenvalue weighted by Crippen LogP contribution is -2.38. The first-order valence-electron chi connectivity index (χ1n) is 12.8. The minimum absolute atomic E-state index is 0.159. The van der Waals surface area contributed by atoms with Gasteiger partial charge in [-0.2, -0.15) is 0 Å². The molecule has 0 saturated carbocycles. The van der Waals surface area contributed by atoms with Gasteiger partial charge in [0.25, 0.3) is 0 Å². The molecule has 2 amide bonds. The molecule has 1 atom stereocenters. The number of nitrogens with one attached hydrogen (secondary N) is 1. The molecule has 3 aromatic carbocycles. The molecule has 2 N–H and O–H groups in total. The van der Waals surface area contributed by atoms with Crippen molar-refractivity contribution in [3.8, 4) is 5.75 Å². The van der Waals surface area contributed by atoms with Crippen LogP contribution < -0.4 is 10.1 Å². The first-order valence-corrected chi connectivity index (χ1v) is 13.8. The summed E-state index contributed by atoms with van der Waals surface area (Å²) in [7, 11) is 0. The average Bonchev–Trinajstić information content (AvgIpc) is 2.92. The van der Waals surface area contributed by atoms with Crippen LogP contribution >= 0.6 is 11.8 Å². The number of benzene rings is 3. The van der Waals surface area contributed by atoms with Gasteiger partial charge in [0.15, 0.2) is 6.10 Å². The van der Waals surface area contributed by atoms with Crippen LogP contribution in [0.25, 0.3) is 0 Å². The number of thioether (sulfide) groups is 1. The van der Waals surface area contributed by atoms with Crippen LogP contribution in [0.4, 0.5) is 10.5 Å². The number of anilines is 1. The fourth-order valence-corrected chi connectivity index (χ4v) is 4.60. The lowest BCUT2D eigenvalue weighted by molar-refractivity contribution is -0.149. The molecule has 0 spiro atoms. The number of amides is 2. The van der Waals surface area contributed by atoms with E-state index in [1.807, 2.05) is 73.7 Å². The predicted octanol–water partition coefficient (Wildman–Crippen LogP) is 6.12. The van der Waals surface area contributed by atoms with Gasteiger partial charge in [-0.3, -0.25) is 0 Å². The van der Waals surface area contributed by atoms with Gasteiger partial charge in [-0.05, 0) is 68.0 Å². The number of urea groups is 1. The fourth-order valence-electron chi connectivity index (χ4n) is 3.74. The van der Waals surface area contributed by atoms with E-state index in [0.29, 0.717) is 32.1 Å². The van der Waals surface area contributed by atoms with Gasteiger partial charge in [0.2, 0.25) is 0 Å². The average molecular weight is 537 g/mol. The van der Waals surface area contributed by atoms with Crippen LogP contribution in [-0.4, -0.2) is 60.2 Å². The topological polar surface area (TPSA) is 88.1 Å². The molecule has 202 valence electrons. The molecule has 8 heteroatoms. The Morgan fingerprint density at radius 3 is 2.34 bits per heavy atom. The summed E-state index contributed by atoms with van der Waals surface area (Å²) in [6, 6.07) is 25.1. The maximum absolute atomic E-state index is 13.1. The van der Waals surface area contributed by atoms with Gasteiger partial charge in [0.1, 0.15) is 12.4 Å². The van der Waals surface area contributed by atoms with Gasteiger partial charge in [-0.15, -0.1) is 11.8 Å². The van der Waals surface area contributed by atoms with Gasteiger partial charge in [0, 0.05) is 30.2 Å². The van der Waals surface area contributed by atoms with E-state index in [1.54, 1.807) is 23.6 Å². The zero-order valence-electron chi connectivity index (χ0n) is 22.0. The lowest BCUT2D eigenvalue weighted by Gasteiger charge is -2.23. The van der Waals surface area contributed by atoms with Gasteiger partial charge < -0.3 is 24.8 Å². The van der Waals surface area contributed by atoms with Crippen LogP contribution in [-0.2, 0) is 16.0 Å². The summed E-state index contributed by atoms with van der Waals surface area (Å²) in [5.41, 5.74) is 2.74. The minimum atomic E-state index is -0.974. The molecule has 0 heterocycles. The first kappa shape index (κ1) is 29.1. The number of aryl methyl sites for hydroxylation is 1. The molecule has 0 saturated heterocycles. The molecule has 7 nitrogen and oxygen atoms in total. The normalized spacial score (nSPS) is 11.5. The monoisotopic (exact) mass is 536 g/mol. The third-order valence-corrected chi connectivity index (χ3v) is 6.89. The number of carboxylic acids is 1. The van der Waals surface area contributed by atoms with Crippen LogP contribution in [0.2, 0.25) is 0 Å². The molecular weight excluding hydrogens is 500 g/mol. The Bertz CT molecular complexity index is 1120. The number of rotatable bonds is 15. The summed E-state index contributed by atoms with van der Waals surface area (Å²) >= 11 is 1.78. The maximum atomic E-state index is 13.1. The summed E-state index contributed by atoms with van der Waals surface area (Å²) in [6.07, 6.45) is 0.268. The molecule has 0 aromatic heterocycles. The molecule has 0 radical (unpaired) electrons. The van der Waals surface area contributed by atoms with Crippen LogP contribution in [0.15, 0.2) is 83.8 Å². The predicted molar refractivity (Wildman–Crippen MR) is 152 cm³/mol. The van der Waals surface area contributed by atoms with Crippen molar-refractivity contribution in [3.63, 3.8) is 0 Å². The van der Waals surface area contributed by atoms with Crippen molar-refractivity contribution in [3.05, 3.63) is 90.0 Å². The Kier molecular flexibility index (Phi) is 12.0. The van der Waals surface area contributed by atoms with Crippen molar-refractivity contribution in [2.75, 3.05) is 37.4 Å². The molecule has 1 unspecified atom stereocenters. The standard InChI is InChI=1S/C30H36N2O5S/c1-3-36-28(29(33)34)22-24-12-16-26(17-13-24)37-20-19-32(18-7-21-38-27-8-5-4-6-9-27)30(35)31-25-14-10-23(2)11-15-25/h4-6,8-17,28H,3,7,18-22H2,1-2H3,(H,31,35)(H,33,34). The van der Waals surface area contributed by atoms with Gasteiger partial charge in [-0.1, -0.05) is 48.0 Å². The van der Waals surface area contributed by atoms with Crippen molar-refractivity contribution >= 4 is 29.4 Å². The molecule has 3 rings (SSSR count). The van der Waals surface area contributed by atoms with Crippen molar-refractivity contribution in [1.82, 2.24) is 4.90 Å². The van der Waals surface area contributed by atoms with E-state index in [-0.39, 0.29) is 12.5 Å². The summed E-state index contributed by atoms with van der Waals surface area (Å²) < 4.78 is 11.2.